The molecule has 0 aromatic heterocycles. The summed E-state index contributed by atoms with van der Waals surface area (Å²) in [6.07, 6.45) is 34.4. The zero-order valence-electron chi connectivity index (χ0n) is 20.2. The van der Waals surface area contributed by atoms with E-state index in [9.17, 15) is 0 Å². The van der Waals surface area contributed by atoms with Gasteiger partial charge in [-0.3, -0.25) is 0 Å². The summed E-state index contributed by atoms with van der Waals surface area (Å²) in [6, 6.07) is 1.10. The van der Waals surface area contributed by atoms with Crippen LogP contribution in [0, 0.1) is 0 Å². The van der Waals surface area contributed by atoms with Crippen molar-refractivity contribution in [3.05, 3.63) is 0 Å². The Bertz CT molecular complexity index is 303. The number of thiol groups is 1. The second-order valence-corrected chi connectivity index (χ2v) is 15.0. The van der Waals surface area contributed by atoms with Crippen molar-refractivity contribution in [1.82, 2.24) is 0 Å². The fourth-order valence-corrected chi connectivity index (χ4v) is 6.05. The fourth-order valence-electron chi connectivity index (χ4n) is 4.30. The molecule has 0 aliphatic carbocycles. The molecule has 0 saturated carbocycles. The number of hydrogen-bond donors (Lipinski definition) is 1. The molecule has 0 aromatic rings. The molecule has 0 spiro atoms. The first-order chi connectivity index (χ1) is 14.8. The second-order valence-electron chi connectivity index (χ2n) is 9.39. The van der Waals surface area contributed by atoms with E-state index in [1.165, 1.54) is 154 Å². The highest BCUT2D eigenvalue weighted by Crippen LogP contribution is 2.16. The monoisotopic (exact) mass is 496 g/mol. The SMILES string of the molecule is SCCCCCCCCCCCCCCCCCCCCCCCCCC[SiH](Cl)Cl. The molecule has 182 valence electrons. The Morgan fingerprint density at radius 2 is 0.533 bits per heavy atom. The van der Waals surface area contributed by atoms with Gasteiger partial charge < -0.3 is 0 Å². The number of hydrogen-bond acceptors (Lipinski definition) is 1. The summed E-state index contributed by atoms with van der Waals surface area (Å²) in [4.78, 5) is 0. The van der Waals surface area contributed by atoms with Crippen LogP contribution in [0.2, 0.25) is 6.04 Å². The highest BCUT2D eigenvalue weighted by Gasteiger charge is 2.00. The van der Waals surface area contributed by atoms with Crippen molar-refractivity contribution in [2.24, 2.45) is 0 Å². The third kappa shape index (κ3) is 29.1. The molecule has 0 bridgehead atoms. The van der Waals surface area contributed by atoms with E-state index in [1.54, 1.807) is 0 Å². The molecule has 0 aromatic carbocycles. The zero-order chi connectivity index (χ0) is 22.0. The smallest absolute Gasteiger partial charge is 0.179 e. The van der Waals surface area contributed by atoms with Gasteiger partial charge in [-0.25, -0.2) is 0 Å². The summed E-state index contributed by atoms with van der Waals surface area (Å²) in [5, 5.41) is 0. The van der Waals surface area contributed by atoms with Crippen molar-refractivity contribution >= 4 is 42.2 Å². The second kappa shape index (κ2) is 28.2. The Morgan fingerprint density at radius 1 is 0.333 bits per heavy atom. The third-order valence-corrected chi connectivity index (χ3v) is 8.80. The van der Waals surface area contributed by atoms with E-state index in [-0.39, 0.29) is 0 Å². The lowest BCUT2D eigenvalue weighted by Gasteiger charge is -2.04. The molecule has 0 rings (SSSR count). The molecule has 0 aliphatic heterocycles. The Hall–Kier alpha value is 1.15. The maximum Gasteiger partial charge on any atom is 0.237 e. The summed E-state index contributed by atoms with van der Waals surface area (Å²) in [7, 11) is -1.33. The Morgan fingerprint density at radius 3 is 0.733 bits per heavy atom. The molecular weight excluding hydrogens is 443 g/mol. The van der Waals surface area contributed by atoms with Crippen LogP contribution in [0.4, 0.5) is 0 Å². The average Bonchev–Trinajstić information content (AvgIpc) is 2.73. The lowest BCUT2D eigenvalue weighted by atomic mass is 10.0. The van der Waals surface area contributed by atoms with Crippen LogP contribution in [0.25, 0.3) is 0 Å². The molecular formula is C26H54Cl2SSi. The van der Waals surface area contributed by atoms with E-state index < -0.39 is 7.42 Å². The van der Waals surface area contributed by atoms with E-state index >= 15 is 0 Å². The van der Waals surface area contributed by atoms with Gasteiger partial charge in [0.25, 0.3) is 0 Å². The van der Waals surface area contributed by atoms with Gasteiger partial charge in [-0.05, 0) is 18.2 Å². The van der Waals surface area contributed by atoms with E-state index in [0.29, 0.717) is 0 Å². The van der Waals surface area contributed by atoms with Gasteiger partial charge in [-0.1, -0.05) is 148 Å². The van der Waals surface area contributed by atoms with Crippen LogP contribution in [0.3, 0.4) is 0 Å². The van der Waals surface area contributed by atoms with Crippen LogP contribution < -0.4 is 0 Å². The van der Waals surface area contributed by atoms with Crippen LogP contribution >= 0.6 is 34.8 Å². The highest BCUT2D eigenvalue weighted by molar-refractivity contribution is 7.80. The minimum atomic E-state index is -1.33. The molecule has 0 fully saturated rings. The molecule has 0 heterocycles. The molecule has 0 aliphatic rings. The molecule has 0 unspecified atom stereocenters. The van der Waals surface area contributed by atoms with Gasteiger partial charge in [0.15, 0.2) is 0 Å². The quantitative estimate of drug-likeness (QED) is 0.0522. The standard InChI is InChI=1S/C26H54Cl2SSi/c27-30(28)26-24-22-20-18-16-14-12-10-8-6-4-2-1-3-5-7-9-11-13-15-17-19-21-23-25-29/h29-30H,1-26H2. The Kier molecular flexibility index (Phi) is 29.3. The van der Waals surface area contributed by atoms with Crippen LogP contribution in [0.1, 0.15) is 154 Å². The average molecular weight is 498 g/mol. The molecule has 30 heavy (non-hydrogen) atoms. The van der Waals surface area contributed by atoms with E-state index in [4.69, 9.17) is 22.2 Å². The minimum absolute atomic E-state index is 1.06. The van der Waals surface area contributed by atoms with Crippen molar-refractivity contribution in [3.8, 4) is 0 Å². The van der Waals surface area contributed by atoms with Gasteiger partial charge in [0.2, 0.25) is 7.42 Å². The summed E-state index contributed by atoms with van der Waals surface area (Å²) in [5.41, 5.74) is 0. The topological polar surface area (TPSA) is 0 Å². The van der Waals surface area contributed by atoms with Crippen LogP contribution in [-0.4, -0.2) is 13.2 Å². The molecule has 0 N–H and O–H groups in total. The highest BCUT2D eigenvalue weighted by atomic mass is 35.7. The molecule has 4 heteroatoms. The van der Waals surface area contributed by atoms with Gasteiger partial charge in [0.1, 0.15) is 0 Å². The first kappa shape index (κ1) is 31.1. The maximum absolute atomic E-state index is 5.89. The lowest BCUT2D eigenvalue weighted by Crippen LogP contribution is -1.91. The summed E-state index contributed by atoms with van der Waals surface area (Å²) in [5.74, 6) is 1.06. The van der Waals surface area contributed by atoms with Gasteiger partial charge in [0, 0.05) is 0 Å². The molecule has 0 radical (unpaired) electrons. The fraction of sp³-hybridized carbons (Fsp3) is 1.00. The largest absolute Gasteiger partial charge is 0.237 e. The number of rotatable bonds is 26. The summed E-state index contributed by atoms with van der Waals surface area (Å²) in [6.45, 7) is 0. The van der Waals surface area contributed by atoms with Crippen molar-refractivity contribution < 1.29 is 0 Å². The lowest BCUT2D eigenvalue weighted by molar-refractivity contribution is 0.518. The molecule has 0 amide bonds. The maximum atomic E-state index is 5.89. The predicted molar refractivity (Wildman–Crippen MR) is 148 cm³/mol. The molecule has 0 saturated heterocycles. The molecule has 0 atom stereocenters. The van der Waals surface area contributed by atoms with E-state index in [1.807, 2.05) is 0 Å². The predicted octanol–water partition coefficient (Wildman–Crippen LogP) is 11.0. The van der Waals surface area contributed by atoms with Gasteiger partial charge in [0.05, 0.1) is 0 Å². The van der Waals surface area contributed by atoms with Crippen LogP contribution in [-0.2, 0) is 0 Å². The first-order valence-electron chi connectivity index (χ1n) is 13.7. The van der Waals surface area contributed by atoms with Crippen LogP contribution in [0.15, 0.2) is 0 Å². The summed E-state index contributed by atoms with van der Waals surface area (Å²) >= 11 is 16.0. The minimum Gasteiger partial charge on any atom is -0.179 e. The van der Waals surface area contributed by atoms with Gasteiger partial charge >= 0.3 is 0 Å². The van der Waals surface area contributed by atoms with Gasteiger partial charge in [-0.2, -0.15) is 34.8 Å². The van der Waals surface area contributed by atoms with Crippen molar-refractivity contribution in [1.29, 1.82) is 0 Å². The Labute approximate surface area is 207 Å². The normalized spacial score (nSPS) is 11.6. The first-order valence-corrected chi connectivity index (χ1v) is 18.6. The van der Waals surface area contributed by atoms with Crippen molar-refractivity contribution in [3.63, 3.8) is 0 Å². The Balaban J connectivity index is 2.99. The number of unbranched alkanes of at least 4 members (excludes halogenated alkanes) is 23. The van der Waals surface area contributed by atoms with E-state index in [2.05, 4.69) is 12.6 Å². The van der Waals surface area contributed by atoms with Crippen LogP contribution in [0.5, 0.6) is 0 Å². The van der Waals surface area contributed by atoms with Crippen molar-refractivity contribution in [2.45, 2.75) is 160 Å². The number of halogens is 2. The third-order valence-electron chi connectivity index (χ3n) is 6.33. The van der Waals surface area contributed by atoms with Gasteiger partial charge in [-0.15, -0.1) is 0 Å². The zero-order valence-corrected chi connectivity index (χ0v) is 23.7. The molecule has 0 nitrogen and oxygen atoms in total. The van der Waals surface area contributed by atoms with E-state index in [0.717, 1.165) is 11.8 Å². The summed E-state index contributed by atoms with van der Waals surface area (Å²) < 4.78 is 0. The van der Waals surface area contributed by atoms with Crippen molar-refractivity contribution in [2.75, 3.05) is 5.75 Å².